The van der Waals surface area contributed by atoms with Crippen LogP contribution in [0.2, 0.25) is 5.02 Å². The molecule has 1 aromatic carbocycles. The third-order valence-corrected chi connectivity index (χ3v) is 3.30. The van der Waals surface area contributed by atoms with Gasteiger partial charge in [0.05, 0.1) is 17.7 Å². The quantitative estimate of drug-likeness (QED) is 0.847. The zero-order valence-corrected chi connectivity index (χ0v) is 9.27. The smallest absolute Gasteiger partial charge is 0.145 e. The summed E-state index contributed by atoms with van der Waals surface area (Å²) in [6.45, 7) is 0. The molecule has 1 aliphatic carbocycles. The molecule has 0 atom stereocenters. The molecule has 0 amide bonds. The molecule has 0 saturated heterocycles. The van der Waals surface area contributed by atoms with E-state index >= 15 is 0 Å². The highest BCUT2D eigenvalue weighted by Gasteiger charge is 2.39. The van der Waals surface area contributed by atoms with Gasteiger partial charge in [0.15, 0.2) is 0 Å². The molecule has 2 nitrogen and oxygen atoms in total. The maximum atomic E-state index is 13.7. The Hall–Kier alpha value is -0.800. The Labute approximate surface area is 93.2 Å². The lowest BCUT2D eigenvalue weighted by Crippen LogP contribution is -2.44. The van der Waals surface area contributed by atoms with Crippen LogP contribution in [-0.4, -0.2) is 7.11 Å². The number of rotatable bonds is 2. The van der Waals surface area contributed by atoms with Crippen molar-refractivity contribution in [1.82, 2.24) is 0 Å². The largest absolute Gasteiger partial charge is 0.495 e. The fraction of sp³-hybridized carbons (Fsp3) is 0.455. The van der Waals surface area contributed by atoms with E-state index in [2.05, 4.69) is 0 Å². The molecule has 0 radical (unpaired) electrons. The summed E-state index contributed by atoms with van der Waals surface area (Å²) in [5.41, 5.74) is 5.91. The van der Waals surface area contributed by atoms with E-state index in [1.54, 1.807) is 0 Å². The van der Waals surface area contributed by atoms with Gasteiger partial charge in [0, 0.05) is 5.54 Å². The molecule has 0 aromatic heterocycles. The maximum absolute atomic E-state index is 13.7. The van der Waals surface area contributed by atoms with E-state index in [9.17, 15) is 4.39 Å². The van der Waals surface area contributed by atoms with Crippen molar-refractivity contribution in [2.24, 2.45) is 5.73 Å². The molecular formula is C11H13ClFNO. The number of hydrogen-bond donors (Lipinski definition) is 1. The van der Waals surface area contributed by atoms with Gasteiger partial charge in [0.25, 0.3) is 0 Å². The van der Waals surface area contributed by atoms with Gasteiger partial charge in [-0.25, -0.2) is 4.39 Å². The lowest BCUT2D eigenvalue weighted by molar-refractivity contribution is 0.235. The average molecular weight is 230 g/mol. The van der Waals surface area contributed by atoms with Crippen LogP contribution in [0.5, 0.6) is 5.75 Å². The standard InChI is InChI=1S/C11H13ClFNO/c1-15-10-7(12)3-4-8(13)9(10)11(14)5-2-6-11/h3-4H,2,5-6,14H2,1H3. The molecule has 0 unspecified atom stereocenters. The molecule has 4 heteroatoms. The van der Waals surface area contributed by atoms with Gasteiger partial charge in [-0.3, -0.25) is 0 Å². The number of ether oxygens (including phenoxy) is 1. The average Bonchev–Trinajstić information content (AvgIpc) is 2.17. The van der Waals surface area contributed by atoms with Crippen molar-refractivity contribution in [2.45, 2.75) is 24.8 Å². The van der Waals surface area contributed by atoms with Gasteiger partial charge < -0.3 is 10.5 Å². The molecule has 1 fully saturated rings. The molecule has 0 heterocycles. The Balaban J connectivity index is 2.57. The first-order valence-electron chi connectivity index (χ1n) is 4.90. The summed E-state index contributed by atoms with van der Waals surface area (Å²) in [5, 5.41) is 0.408. The number of hydrogen-bond acceptors (Lipinski definition) is 2. The van der Waals surface area contributed by atoms with Crippen LogP contribution >= 0.6 is 11.6 Å². The first kappa shape index (κ1) is 10.7. The molecule has 2 N–H and O–H groups in total. The van der Waals surface area contributed by atoms with E-state index < -0.39 is 5.54 Å². The Kier molecular flexibility index (Phi) is 2.61. The Morgan fingerprint density at radius 2 is 2.13 bits per heavy atom. The topological polar surface area (TPSA) is 35.2 Å². The summed E-state index contributed by atoms with van der Waals surface area (Å²) in [6.07, 6.45) is 2.58. The number of halogens is 2. The van der Waals surface area contributed by atoms with E-state index in [1.165, 1.54) is 19.2 Å². The van der Waals surface area contributed by atoms with Gasteiger partial charge in [-0.1, -0.05) is 11.6 Å². The van der Waals surface area contributed by atoms with Gasteiger partial charge in [0.1, 0.15) is 11.6 Å². The number of methoxy groups -OCH3 is 1. The highest BCUT2D eigenvalue weighted by atomic mass is 35.5. The van der Waals surface area contributed by atoms with Crippen LogP contribution in [0.3, 0.4) is 0 Å². The molecular weight excluding hydrogens is 217 g/mol. The molecule has 1 aliphatic rings. The van der Waals surface area contributed by atoms with E-state index in [4.69, 9.17) is 22.1 Å². The second kappa shape index (κ2) is 3.65. The third kappa shape index (κ3) is 1.60. The second-order valence-electron chi connectivity index (χ2n) is 3.95. The van der Waals surface area contributed by atoms with E-state index in [-0.39, 0.29) is 5.82 Å². The molecule has 0 spiro atoms. The minimum atomic E-state index is -0.597. The number of benzene rings is 1. The zero-order chi connectivity index (χ0) is 11.1. The third-order valence-electron chi connectivity index (χ3n) is 3.01. The molecule has 0 bridgehead atoms. The normalized spacial score (nSPS) is 18.4. The lowest BCUT2D eigenvalue weighted by Gasteiger charge is -2.39. The second-order valence-corrected chi connectivity index (χ2v) is 4.35. The van der Waals surface area contributed by atoms with Crippen LogP contribution in [0.1, 0.15) is 24.8 Å². The van der Waals surface area contributed by atoms with Crippen molar-refractivity contribution in [3.8, 4) is 5.75 Å². The monoisotopic (exact) mass is 229 g/mol. The van der Waals surface area contributed by atoms with Crippen molar-refractivity contribution >= 4 is 11.6 Å². The summed E-state index contributed by atoms with van der Waals surface area (Å²) in [4.78, 5) is 0. The SMILES string of the molecule is COc1c(Cl)ccc(F)c1C1(N)CCC1. The fourth-order valence-electron chi connectivity index (χ4n) is 2.00. The van der Waals surface area contributed by atoms with Crippen molar-refractivity contribution in [1.29, 1.82) is 0 Å². The summed E-state index contributed by atoms with van der Waals surface area (Å²) in [7, 11) is 1.48. The van der Waals surface area contributed by atoms with Crippen LogP contribution in [-0.2, 0) is 5.54 Å². The van der Waals surface area contributed by atoms with Crippen LogP contribution in [0.25, 0.3) is 0 Å². The minimum Gasteiger partial charge on any atom is -0.495 e. The van der Waals surface area contributed by atoms with Crippen LogP contribution in [0.15, 0.2) is 12.1 Å². The van der Waals surface area contributed by atoms with Crippen LogP contribution < -0.4 is 10.5 Å². The molecule has 2 rings (SSSR count). The van der Waals surface area contributed by atoms with E-state index in [1.807, 2.05) is 0 Å². The Bertz CT molecular complexity index is 390. The molecule has 0 aliphatic heterocycles. The first-order chi connectivity index (χ1) is 7.08. The predicted octanol–water partition coefficient (Wildman–Crippen LogP) is 2.83. The van der Waals surface area contributed by atoms with Crippen molar-refractivity contribution in [3.63, 3.8) is 0 Å². The molecule has 15 heavy (non-hydrogen) atoms. The van der Waals surface area contributed by atoms with Crippen LogP contribution in [0, 0.1) is 5.82 Å². The first-order valence-corrected chi connectivity index (χ1v) is 5.27. The predicted molar refractivity (Wildman–Crippen MR) is 57.7 cm³/mol. The Morgan fingerprint density at radius 3 is 2.60 bits per heavy atom. The maximum Gasteiger partial charge on any atom is 0.145 e. The van der Waals surface area contributed by atoms with Crippen molar-refractivity contribution < 1.29 is 9.13 Å². The molecule has 1 aromatic rings. The molecule has 1 saturated carbocycles. The van der Waals surface area contributed by atoms with Gasteiger partial charge >= 0.3 is 0 Å². The minimum absolute atomic E-state index is 0.335. The highest BCUT2D eigenvalue weighted by molar-refractivity contribution is 6.32. The zero-order valence-electron chi connectivity index (χ0n) is 8.52. The van der Waals surface area contributed by atoms with E-state index in [0.717, 1.165) is 19.3 Å². The Morgan fingerprint density at radius 1 is 1.47 bits per heavy atom. The van der Waals surface area contributed by atoms with Crippen molar-refractivity contribution in [2.75, 3.05) is 7.11 Å². The summed E-state index contributed by atoms with van der Waals surface area (Å²) >= 11 is 5.94. The summed E-state index contributed by atoms with van der Waals surface area (Å²) < 4.78 is 18.8. The summed E-state index contributed by atoms with van der Waals surface area (Å²) in [6, 6.07) is 2.83. The fourth-order valence-corrected chi connectivity index (χ4v) is 2.24. The van der Waals surface area contributed by atoms with Crippen LogP contribution in [0.4, 0.5) is 4.39 Å². The van der Waals surface area contributed by atoms with Crippen molar-refractivity contribution in [3.05, 3.63) is 28.5 Å². The highest BCUT2D eigenvalue weighted by Crippen LogP contribution is 2.46. The number of nitrogens with two attached hydrogens (primary N) is 1. The summed E-state index contributed by atoms with van der Waals surface area (Å²) in [5.74, 6) is 0.0392. The van der Waals surface area contributed by atoms with Gasteiger partial charge in [-0.2, -0.15) is 0 Å². The van der Waals surface area contributed by atoms with Gasteiger partial charge in [-0.05, 0) is 31.4 Å². The van der Waals surface area contributed by atoms with E-state index in [0.29, 0.717) is 16.3 Å². The lowest BCUT2D eigenvalue weighted by atomic mass is 9.72. The van der Waals surface area contributed by atoms with Gasteiger partial charge in [0.2, 0.25) is 0 Å². The van der Waals surface area contributed by atoms with Gasteiger partial charge in [-0.15, -0.1) is 0 Å². The molecule has 82 valence electrons.